The minimum atomic E-state index is -0.177. The van der Waals surface area contributed by atoms with Gasteiger partial charge in [-0.25, -0.2) is 0 Å². The molecule has 146 valence electrons. The average Bonchev–Trinajstić information content (AvgIpc) is 2.77. The smallest absolute Gasteiger partial charge is 0.197 e. The van der Waals surface area contributed by atoms with E-state index in [1.165, 1.54) is 13.2 Å². The number of benzene rings is 3. The van der Waals surface area contributed by atoms with Crippen LogP contribution in [0.1, 0.15) is 5.56 Å². The van der Waals surface area contributed by atoms with Crippen LogP contribution in [0.2, 0.25) is 0 Å². The Morgan fingerprint density at radius 1 is 0.828 bits per heavy atom. The highest BCUT2D eigenvalue weighted by Crippen LogP contribution is 2.32. The SMILES string of the molecule is COc1ccc(-c2cc(=O)c3c(OC)cc(OCc4ccccc4)cc3o2)cc1. The van der Waals surface area contributed by atoms with Crippen LogP contribution >= 0.6 is 0 Å². The third-order valence-corrected chi connectivity index (χ3v) is 4.61. The molecule has 4 aromatic rings. The number of rotatable bonds is 6. The van der Waals surface area contributed by atoms with E-state index in [-0.39, 0.29) is 5.43 Å². The minimum absolute atomic E-state index is 0.177. The third-order valence-electron chi connectivity index (χ3n) is 4.61. The van der Waals surface area contributed by atoms with Gasteiger partial charge in [-0.2, -0.15) is 0 Å². The molecule has 0 aliphatic carbocycles. The van der Waals surface area contributed by atoms with Crippen LogP contribution in [-0.4, -0.2) is 14.2 Å². The van der Waals surface area contributed by atoms with Gasteiger partial charge in [0.25, 0.3) is 0 Å². The lowest BCUT2D eigenvalue weighted by Crippen LogP contribution is -2.04. The normalized spacial score (nSPS) is 10.7. The summed E-state index contributed by atoms with van der Waals surface area (Å²) >= 11 is 0. The monoisotopic (exact) mass is 388 g/mol. The summed E-state index contributed by atoms with van der Waals surface area (Å²) in [7, 11) is 3.13. The Morgan fingerprint density at radius 2 is 1.59 bits per heavy atom. The van der Waals surface area contributed by atoms with E-state index in [0.717, 1.165) is 16.9 Å². The molecular weight excluding hydrogens is 368 g/mol. The number of hydrogen-bond donors (Lipinski definition) is 0. The molecule has 0 saturated carbocycles. The average molecular weight is 388 g/mol. The molecule has 3 aromatic carbocycles. The molecule has 0 saturated heterocycles. The van der Waals surface area contributed by atoms with Crippen LogP contribution < -0.4 is 19.6 Å². The summed E-state index contributed by atoms with van der Waals surface area (Å²) in [6.07, 6.45) is 0. The topological polar surface area (TPSA) is 57.9 Å². The van der Waals surface area contributed by atoms with Crippen LogP contribution in [0.15, 0.2) is 82.0 Å². The van der Waals surface area contributed by atoms with Crippen molar-refractivity contribution in [2.45, 2.75) is 6.61 Å². The molecule has 0 spiro atoms. The molecule has 0 amide bonds. The van der Waals surface area contributed by atoms with Crippen LogP contribution in [-0.2, 0) is 6.61 Å². The molecule has 0 fully saturated rings. The maximum Gasteiger partial charge on any atom is 0.197 e. The Labute approximate surface area is 168 Å². The van der Waals surface area contributed by atoms with E-state index in [9.17, 15) is 4.79 Å². The molecule has 1 heterocycles. The van der Waals surface area contributed by atoms with Gasteiger partial charge >= 0.3 is 0 Å². The van der Waals surface area contributed by atoms with Gasteiger partial charge in [0.05, 0.1) is 14.2 Å². The van der Waals surface area contributed by atoms with E-state index in [4.69, 9.17) is 18.6 Å². The fourth-order valence-electron chi connectivity index (χ4n) is 3.11. The second kappa shape index (κ2) is 8.10. The van der Waals surface area contributed by atoms with Crippen molar-refractivity contribution in [1.82, 2.24) is 0 Å². The fraction of sp³-hybridized carbons (Fsp3) is 0.125. The molecular formula is C24H20O5. The lowest BCUT2D eigenvalue weighted by molar-refractivity contribution is 0.304. The van der Waals surface area contributed by atoms with Crippen molar-refractivity contribution in [3.63, 3.8) is 0 Å². The first-order valence-electron chi connectivity index (χ1n) is 9.15. The van der Waals surface area contributed by atoms with Crippen molar-refractivity contribution in [3.05, 3.63) is 88.6 Å². The molecule has 4 rings (SSSR count). The van der Waals surface area contributed by atoms with Crippen molar-refractivity contribution in [2.24, 2.45) is 0 Å². The minimum Gasteiger partial charge on any atom is -0.497 e. The van der Waals surface area contributed by atoms with Gasteiger partial charge in [0.1, 0.15) is 40.6 Å². The summed E-state index contributed by atoms with van der Waals surface area (Å²) in [5.74, 6) is 2.18. The van der Waals surface area contributed by atoms with E-state index in [1.54, 1.807) is 19.2 Å². The highest BCUT2D eigenvalue weighted by Gasteiger charge is 2.14. The van der Waals surface area contributed by atoms with Gasteiger partial charge in [-0.3, -0.25) is 4.79 Å². The predicted molar refractivity (Wildman–Crippen MR) is 112 cm³/mol. The highest BCUT2D eigenvalue weighted by molar-refractivity contribution is 5.86. The molecule has 0 atom stereocenters. The van der Waals surface area contributed by atoms with Gasteiger partial charge in [0.2, 0.25) is 0 Å². The Morgan fingerprint density at radius 3 is 2.28 bits per heavy atom. The lowest BCUT2D eigenvalue weighted by atomic mass is 10.1. The van der Waals surface area contributed by atoms with E-state index >= 15 is 0 Å². The van der Waals surface area contributed by atoms with Gasteiger partial charge in [-0.15, -0.1) is 0 Å². The molecule has 0 N–H and O–H groups in total. The molecule has 0 aliphatic rings. The summed E-state index contributed by atoms with van der Waals surface area (Å²) in [5, 5.41) is 0.386. The summed E-state index contributed by atoms with van der Waals surface area (Å²) in [6, 6.07) is 22.1. The van der Waals surface area contributed by atoms with Gasteiger partial charge in [-0.1, -0.05) is 30.3 Å². The van der Waals surface area contributed by atoms with Gasteiger partial charge in [0, 0.05) is 23.8 Å². The van der Waals surface area contributed by atoms with E-state index < -0.39 is 0 Å². The number of ether oxygens (including phenoxy) is 3. The second-order valence-corrected chi connectivity index (χ2v) is 6.48. The van der Waals surface area contributed by atoms with Crippen molar-refractivity contribution in [3.8, 4) is 28.6 Å². The first-order chi connectivity index (χ1) is 14.2. The Bertz CT molecular complexity index is 1180. The zero-order valence-electron chi connectivity index (χ0n) is 16.2. The highest BCUT2D eigenvalue weighted by atomic mass is 16.5. The van der Waals surface area contributed by atoms with E-state index in [1.807, 2.05) is 54.6 Å². The van der Waals surface area contributed by atoms with Crippen molar-refractivity contribution in [2.75, 3.05) is 14.2 Å². The van der Waals surface area contributed by atoms with Crippen molar-refractivity contribution in [1.29, 1.82) is 0 Å². The maximum atomic E-state index is 12.8. The molecule has 0 unspecified atom stereocenters. The Hall–Kier alpha value is -3.73. The second-order valence-electron chi connectivity index (χ2n) is 6.48. The third kappa shape index (κ3) is 3.94. The molecule has 5 nitrogen and oxygen atoms in total. The molecule has 1 aromatic heterocycles. The molecule has 0 aliphatic heterocycles. The van der Waals surface area contributed by atoms with Crippen LogP contribution in [0.4, 0.5) is 0 Å². The molecule has 0 radical (unpaired) electrons. The van der Waals surface area contributed by atoms with Crippen LogP contribution in [0.5, 0.6) is 17.2 Å². The quantitative estimate of drug-likeness (QED) is 0.462. The largest absolute Gasteiger partial charge is 0.497 e. The lowest BCUT2D eigenvalue weighted by Gasteiger charge is -2.11. The van der Waals surface area contributed by atoms with Gasteiger partial charge in [0.15, 0.2) is 5.43 Å². The number of fused-ring (bicyclic) bond motifs is 1. The van der Waals surface area contributed by atoms with E-state index in [2.05, 4.69) is 0 Å². The standard InChI is InChI=1S/C24H20O5/c1-26-18-10-8-17(9-11-18)21-14-20(25)24-22(27-2)12-19(13-23(24)29-21)28-15-16-6-4-3-5-7-16/h3-14H,15H2,1-2H3. The van der Waals surface area contributed by atoms with E-state index in [0.29, 0.717) is 34.8 Å². The first-order valence-corrected chi connectivity index (χ1v) is 9.15. The fourth-order valence-corrected chi connectivity index (χ4v) is 3.11. The predicted octanol–water partition coefficient (Wildman–Crippen LogP) is 5.06. The van der Waals surface area contributed by atoms with Gasteiger partial charge < -0.3 is 18.6 Å². The zero-order chi connectivity index (χ0) is 20.2. The Balaban J connectivity index is 1.74. The maximum absolute atomic E-state index is 12.8. The summed E-state index contributed by atoms with van der Waals surface area (Å²) in [5.41, 5.74) is 2.05. The summed E-state index contributed by atoms with van der Waals surface area (Å²) in [6.45, 7) is 0.401. The van der Waals surface area contributed by atoms with Crippen molar-refractivity contribution < 1.29 is 18.6 Å². The summed E-state index contributed by atoms with van der Waals surface area (Å²) in [4.78, 5) is 12.8. The van der Waals surface area contributed by atoms with Crippen LogP contribution in [0, 0.1) is 0 Å². The van der Waals surface area contributed by atoms with Gasteiger partial charge in [-0.05, 0) is 29.8 Å². The zero-order valence-corrected chi connectivity index (χ0v) is 16.2. The number of methoxy groups -OCH3 is 2. The van der Waals surface area contributed by atoms with Crippen molar-refractivity contribution >= 4 is 11.0 Å². The molecule has 0 bridgehead atoms. The van der Waals surface area contributed by atoms with Crippen LogP contribution in [0.25, 0.3) is 22.3 Å². The summed E-state index contributed by atoms with van der Waals surface area (Å²) < 4.78 is 22.5. The Kier molecular flexibility index (Phi) is 5.20. The molecule has 29 heavy (non-hydrogen) atoms. The number of hydrogen-bond acceptors (Lipinski definition) is 5. The molecule has 5 heteroatoms. The van der Waals surface area contributed by atoms with Crippen LogP contribution in [0.3, 0.4) is 0 Å². The first kappa shape index (κ1) is 18.6.